The van der Waals surface area contributed by atoms with E-state index < -0.39 is 0 Å². The van der Waals surface area contributed by atoms with Crippen LogP contribution in [0.1, 0.15) is 44.6 Å². The zero-order valence-corrected chi connectivity index (χ0v) is 14.7. The fourth-order valence-corrected chi connectivity index (χ4v) is 3.96. The second-order valence-electron chi connectivity index (χ2n) is 5.59. The van der Waals surface area contributed by atoms with Crippen LogP contribution >= 0.6 is 31.9 Å². The fraction of sp³-hybridized carbons (Fsp3) is 0.625. The second-order valence-corrected chi connectivity index (χ2v) is 7.06. The third-order valence-electron chi connectivity index (χ3n) is 4.27. The van der Waals surface area contributed by atoms with Crippen LogP contribution in [-0.4, -0.2) is 10.9 Å². The van der Waals surface area contributed by atoms with Gasteiger partial charge in [-0.15, -0.1) is 0 Å². The average Bonchev–Trinajstić information content (AvgIpc) is 2.46. The molecule has 1 saturated carbocycles. The molecule has 0 radical (unpaired) electrons. The van der Waals surface area contributed by atoms with Crippen LogP contribution in [0.2, 0.25) is 0 Å². The van der Waals surface area contributed by atoms with Gasteiger partial charge in [0, 0.05) is 9.80 Å². The van der Waals surface area contributed by atoms with Gasteiger partial charge in [-0.25, -0.2) is 0 Å². The van der Waals surface area contributed by atoms with Gasteiger partial charge in [0.05, 0.1) is 12.2 Å². The molecule has 1 aliphatic carbocycles. The lowest BCUT2D eigenvalue weighted by Crippen LogP contribution is -2.38. The highest BCUT2D eigenvalue weighted by Crippen LogP contribution is 2.38. The number of hydrogen-bond donors (Lipinski definition) is 0. The average molecular weight is 390 g/mol. The van der Waals surface area contributed by atoms with Crippen LogP contribution in [0.15, 0.2) is 28.7 Å². The highest BCUT2D eigenvalue weighted by molar-refractivity contribution is 9.10. The van der Waals surface area contributed by atoms with Crippen molar-refractivity contribution < 1.29 is 4.74 Å². The minimum absolute atomic E-state index is 0.0496. The number of benzene rings is 1. The summed E-state index contributed by atoms with van der Waals surface area (Å²) in [5, 5.41) is 0.949. The molecule has 0 atom stereocenters. The van der Waals surface area contributed by atoms with E-state index in [-0.39, 0.29) is 5.60 Å². The number of halogens is 2. The molecule has 3 heteroatoms. The summed E-state index contributed by atoms with van der Waals surface area (Å²) in [6.45, 7) is 3.01. The Kier molecular flexibility index (Phi) is 5.91. The van der Waals surface area contributed by atoms with E-state index in [1.807, 2.05) is 0 Å². The summed E-state index contributed by atoms with van der Waals surface area (Å²) in [6.07, 6.45) is 6.29. The molecule has 0 amide bonds. The van der Waals surface area contributed by atoms with Crippen LogP contribution in [0, 0.1) is 5.92 Å². The molecule has 0 unspecified atom stereocenters. The Hall–Kier alpha value is 0.140. The first-order chi connectivity index (χ1) is 9.17. The molecule has 2 rings (SSSR count). The molecule has 1 aromatic rings. The van der Waals surface area contributed by atoms with E-state index in [1.54, 1.807) is 0 Å². The molecule has 0 saturated heterocycles. The van der Waals surface area contributed by atoms with Crippen molar-refractivity contribution in [1.82, 2.24) is 0 Å². The number of alkyl halides is 1. The van der Waals surface area contributed by atoms with Gasteiger partial charge in [0.15, 0.2) is 0 Å². The van der Waals surface area contributed by atoms with Crippen LogP contribution in [0.5, 0.6) is 0 Å². The third kappa shape index (κ3) is 4.30. The first-order valence-corrected chi connectivity index (χ1v) is 9.03. The maximum atomic E-state index is 6.29. The number of rotatable bonds is 5. The van der Waals surface area contributed by atoms with Crippen molar-refractivity contribution >= 4 is 31.9 Å². The maximum absolute atomic E-state index is 6.29. The van der Waals surface area contributed by atoms with Crippen molar-refractivity contribution in [2.24, 2.45) is 5.92 Å². The standard InChI is InChI=1S/C16H22Br2O/c1-2-13-6-8-16(12-17,9-7-13)19-11-14-4-3-5-15(18)10-14/h3-5,10,13H,2,6-9,11-12H2,1H3. The molecule has 0 bridgehead atoms. The molecule has 1 nitrogen and oxygen atoms in total. The minimum atomic E-state index is 0.0496. The number of hydrogen-bond acceptors (Lipinski definition) is 1. The van der Waals surface area contributed by atoms with E-state index >= 15 is 0 Å². The predicted molar refractivity (Wildman–Crippen MR) is 87.7 cm³/mol. The van der Waals surface area contributed by atoms with Crippen molar-refractivity contribution in [2.45, 2.75) is 51.2 Å². The molecule has 1 aliphatic rings. The highest BCUT2D eigenvalue weighted by atomic mass is 79.9. The van der Waals surface area contributed by atoms with Gasteiger partial charge in [-0.05, 0) is 49.3 Å². The fourth-order valence-electron chi connectivity index (χ4n) is 2.79. The molecule has 19 heavy (non-hydrogen) atoms. The summed E-state index contributed by atoms with van der Waals surface area (Å²) in [6, 6.07) is 8.39. The monoisotopic (exact) mass is 388 g/mol. The highest BCUT2D eigenvalue weighted by Gasteiger charge is 2.34. The second kappa shape index (κ2) is 7.24. The van der Waals surface area contributed by atoms with Gasteiger partial charge < -0.3 is 4.74 Å². The van der Waals surface area contributed by atoms with Crippen LogP contribution in [0.25, 0.3) is 0 Å². The summed E-state index contributed by atoms with van der Waals surface area (Å²) in [5.74, 6) is 0.904. The first kappa shape index (κ1) is 15.5. The van der Waals surface area contributed by atoms with E-state index in [1.165, 1.54) is 37.7 Å². The topological polar surface area (TPSA) is 9.23 Å². The zero-order valence-electron chi connectivity index (χ0n) is 11.5. The molecule has 1 fully saturated rings. The van der Waals surface area contributed by atoms with Crippen molar-refractivity contribution in [2.75, 3.05) is 5.33 Å². The smallest absolute Gasteiger partial charge is 0.0783 e. The summed E-state index contributed by atoms with van der Waals surface area (Å²) < 4.78 is 7.41. The number of ether oxygens (including phenoxy) is 1. The van der Waals surface area contributed by atoms with Gasteiger partial charge in [-0.3, -0.25) is 0 Å². The molecule has 0 spiro atoms. The molecule has 0 heterocycles. The van der Waals surface area contributed by atoms with E-state index in [9.17, 15) is 0 Å². The Morgan fingerprint density at radius 2 is 2.05 bits per heavy atom. The van der Waals surface area contributed by atoms with Gasteiger partial charge in [-0.1, -0.05) is 57.3 Å². The summed E-state index contributed by atoms with van der Waals surface area (Å²) >= 11 is 7.17. The minimum Gasteiger partial charge on any atom is -0.369 e. The van der Waals surface area contributed by atoms with Gasteiger partial charge in [0.1, 0.15) is 0 Å². The molecular weight excluding hydrogens is 368 g/mol. The van der Waals surface area contributed by atoms with Gasteiger partial charge >= 0.3 is 0 Å². The van der Waals surface area contributed by atoms with E-state index in [0.29, 0.717) is 6.61 Å². The van der Waals surface area contributed by atoms with E-state index in [4.69, 9.17) is 4.74 Å². The van der Waals surface area contributed by atoms with Crippen LogP contribution in [0.3, 0.4) is 0 Å². The lowest BCUT2D eigenvalue weighted by atomic mass is 9.78. The maximum Gasteiger partial charge on any atom is 0.0783 e. The van der Waals surface area contributed by atoms with Crippen LogP contribution in [0.4, 0.5) is 0 Å². The van der Waals surface area contributed by atoms with Gasteiger partial charge in [0.2, 0.25) is 0 Å². The Morgan fingerprint density at radius 1 is 1.32 bits per heavy atom. The largest absolute Gasteiger partial charge is 0.369 e. The van der Waals surface area contributed by atoms with E-state index in [2.05, 4.69) is 63.0 Å². The van der Waals surface area contributed by atoms with Crippen molar-refractivity contribution in [1.29, 1.82) is 0 Å². The Morgan fingerprint density at radius 3 is 2.63 bits per heavy atom. The Labute approximate surface area is 133 Å². The molecule has 0 aromatic heterocycles. The summed E-state index contributed by atoms with van der Waals surface area (Å²) in [5.41, 5.74) is 1.29. The summed E-state index contributed by atoms with van der Waals surface area (Å²) in [4.78, 5) is 0. The molecule has 106 valence electrons. The first-order valence-electron chi connectivity index (χ1n) is 7.12. The van der Waals surface area contributed by atoms with Gasteiger partial charge in [-0.2, -0.15) is 0 Å². The zero-order chi connectivity index (χ0) is 13.7. The Bertz CT molecular complexity index is 397. The van der Waals surface area contributed by atoms with Gasteiger partial charge in [0.25, 0.3) is 0 Å². The predicted octanol–water partition coefficient (Wildman–Crippen LogP) is 5.70. The summed E-state index contributed by atoms with van der Waals surface area (Å²) in [7, 11) is 0. The molecular formula is C16H22Br2O. The van der Waals surface area contributed by atoms with E-state index in [0.717, 1.165) is 15.7 Å². The van der Waals surface area contributed by atoms with Crippen molar-refractivity contribution in [3.63, 3.8) is 0 Å². The lowest BCUT2D eigenvalue weighted by molar-refractivity contribution is -0.0702. The Balaban J connectivity index is 1.92. The molecule has 1 aromatic carbocycles. The lowest BCUT2D eigenvalue weighted by Gasteiger charge is -2.39. The van der Waals surface area contributed by atoms with Crippen molar-refractivity contribution in [3.8, 4) is 0 Å². The van der Waals surface area contributed by atoms with Crippen LogP contribution < -0.4 is 0 Å². The molecule has 0 aliphatic heterocycles. The quantitative estimate of drug-likeness (QED) is 0.587. The van der Waals surface area contributed by atoms with Crippen LogP contribution in [-0.2, 0) is 11.3 Å². The molecule has 0 N–H and O–H groups in total. The third-order valence-corrected chi connectivity index (χ3v) is 5.79. The van der Waals surface area contributed by atoms with Crippen molar-refractivity contribution in [3.05, 3.63) is 34.3 Å². The SMILES string of the molecule is CCC1CCC(CBr)(OCc2cccc(Br)c2)CC1. The normalized spacial score (nSPS) is 27.4.